The van der Waals surface area contributed by atoms with E-state index in [0.717, 1.165) is 28.7 Å². The molecule has 0 unspecified atom stereocenters. The van der Waals surface area contributed by atoms with Gasteiger partial charge in [-0.05, 0) is 43.0 Å². The summed E-state index contributed by atoms with van der Waals surface area (Å²) in [6.45, 7) is 0.796. The van der Waals surface area contributed by atoms with Crippen LogP contribution in [0.2, 0.25) is 0 Å². The third kappa shape index (κ3) is 2.48. The number of benzene rings is 1. The van der Waals surface area contributed by atoms with Crippen LogP contribution >= 0.6 is 0 Å². The first-order valence-electron chi connectivity index (χ1n) is 7.62. The Labute approximate surface area is 128 Å². The molecule has 0 saturated heterocycles. The smallest absolute Gasteiger partial charge is 0.251 e. The first-order valence-corrected chi connectivity index (χ1v) is 7.62. The van der Waals surface area contributed by atoms with Gasteiger partial charge in [-0.15, -0.1) is 0 Å². The van der Waals surface area contributed by atoms with Crippen molar-refractivity contribution in [2.75, 3.05) is 6.54 Å². The molecule has 0 bridgehead atoms. The lowest BCUT2D eigenvalue weighted by molar-refractivity contribution is 0.0952. The zero-order valence-corrected chi connectivity index (χ0v) is 12.2. The van der Waals surface area contributed by atoms with Gasteiger partial charge in [0.1, 0.15) is 0 Å². The number of H-pyrrole nitrogens is 1. The number of fused-ring (bicyclic) bond motifs is 1. The van der Waals surface area contributed by atoms with Crippen LogP contribution in [0.25, 0.3) is 22.2 Å². The molecule has 0 atom stereocenters. The normalized spacial score (nSPS) is 14.2. The molecule has 22 heavy (non-hydrogen) atoms. The van der Waals surface area contributed by atoms with Crippen LogP contribution in [0, 0.1) is 5.92 Å². The fraction of sp³-hybridized carbons (Fsp3) is 0.222. The molecule has 2 aromatic heterocycles. The van der Waals surface area contributed by atoms with Crippen molar-refractivity contribution in [2.24, 2.45) is 5.92 Å². The molecule has 110 valence electrons. The predicted octanol–water partition coefficient (Wildman–Crippen LogP) is 3.37. The summed E-state index contributed by atoms with van der Waals surface area (Å²) in [6, 6.07) is 11.6. The lowest BCUT2D eigenvalue weighted by Gasteiger charge is -2.06. The van der Waals surface area contributed by atoms with Crippen molar-refractivity contribution in [3.63, 3.8) is 0 Å². The van der Waals surface area contributed by atoms with Crippen LogP contribution in [0.15, 0.2) is 48.8 Å². The number of nitrogens with zero attached hydrogens (tertiary/aromatic N) is 1. The van der Waals surface area contributed by atoms with Crippen molar-refractivity contribution in [2.45, 2.75) is 12.8 Å². The summed E-state index contributed by atoms with van der Waals surface area (Å²) in [7, 11) is 0. The monoisotopic (exact) mass is 291 g/mol. The quantitative estimate of drug-likeness (QED) is 0.774. The third-order valence-corrected chi connectivity index (χ3v) is 4.15. The number of amides is 1. The van der Waals surface area contributed by atoms with Gasteiger partial charge < -0.3 is 10.3 Å². The number of pyridine rings is 1. The SMILES string of the molecule is O=C(NCC1CC1)c1ccc(-c2nccc3[nH]ccc23)cc1. The fourth-order valence-electron chi connectivity index (χ4n) is 2.65. The van der Waals surface area contributed by atoms with E-state index in [0.29, 0.717) is 11.5 Å². The van der Waals surface area contributed by atoms with Crippen LogP contribution in [0.5, 0.6) is 0 Å². The summed E-state index contributed by atoms with van der Waals surface area (Å²) >= 11 is 0. The Morgan fingerprint density at radius 1 is 1.18 bits per heavy atom. The van der Waals surface area contributed by atoms with Gasteiger partial charge in [-0.2, -0.15) is 0 Å². The van der Waals surface area contributed by atoms with Crippen LogP contribution in [-0.4, -0.2) is 22.4 Å². The molecular weight excluding hydrogens is 274 g/mol. The molecule has 0 aliphatic heterocycles. The number of carbonyl (C=O) groups excluding carboxylic acids is 1. The second kappa shape index (κ2) is 5.30. The van der Waals surface area contributed by atoms with Gasteiger partial charge in [0.05, 0.1) is 5.69 Å². The van der Waals surface area contributed by atoms with Gasteiger partial charge in [-0.25, -0.2) is 0 Å². The zero-order valence-electron chi connectivity index (χ0n) is 12.2. The van der Waals surface area contributed by atoms with E-state index in [9.17, 15) is 4.79 Å². The van der Waals surface area contributed by atoms with E-state index in [4.69, 9.17) is 0 Å². The Hall–Kier alpha value is -2.62. The van der Waals surface area contributed by atoms with Crippen molar-refractivity contribution in [1.82, 2.24) is 15.3 Å². The second-order valence-electron chi connectivity index (χ2n) is 5.83. The maximum absolute atomic E-state index is 12.1. The van der Waals surface area contributed by atoms with Gasteiger partial charge >= 0.3 is 0 Å². The van der Waals surface area contributed by atoms with Crippen molar-refractivity contribution in [1.29, 1.82) is 0 Å². The molecular formula is C18H17N3O. The molecule has 1 fully saturated rings. The van der Waals surface area contributed by atoms with Gasteiger partial charge in [0.25, 0.3) is 5.91 Å². The molecule has 4 heteroatoms. The molecule has 1 aliphatic carbocycles. The molecule has 3 aromatic rings. The lowest BCUT2D eigenvalue weighted by atomic mass is 10.1. The lowest BCUT2D eigenvalue weighted by Crippen LogP contribution is -2.25. The van der Waals surface area contributed by atoms with Gasteiger partial charge in [0, 0.05) is 41.0 Å². The maximum atomic E-state index is 12.1. The summed E-state index contributed by atoms with van der Waals surface area (Å²) in [5.41, 5.74) is 3.72. The minimum absolute atomic E-state index is 0.00580. The zero-order chi connectivity index (χ0) is 14.9. The molecule has 1 aromatic carbocycles. The predicted molar refractivity (Wildman–Crippen MR) is 86.6 cm³/mol. The molecule has 0 radical (unpaired) electrons. The van der Waals surface area contributed by atoms with Crippen LogP contribution < -0.4 is 5.32 Å². The Balaban J connectivity index is 1.58. The van der Waals surface area contributed by atoms with Gasteiger partial charge in [0.2, 0.25) is 0 Å². The minimum atomic E-state index is 0.00580. The summed E-state index contributed by atoms with van der Waals surface area (Å²) in [4.78, 5) is 19.7. The van der Waals surface area contributed by atoms with E-state index in [2.05, 4.69) is 15.3 Å². The Bertz CT molecular complexity index is 816. The highest BCUT2D eigenvalue weighted by Crippen LogP contribution is 2.28. The van der Waals surface area contributed by atoms with Crippen LogP contribution in [0.3, 0.4) is 0 Å². The van der Waals surface area contributed by atoms with Crippen molar-refractivity contribution in [3.8, 4) is 11.3 Å². The molecule has 2 N–H and O–H groups in total. The fourth-order valence-corrected chi connectivity index (χ4v) is 2.65. The topological polar surface area (TPSA) is 57.8 Å². The standard InChI is InChI=1S/C18H17N3O/c22-18(21-11-12-1-2-12)14-5-3-13(4-6-14)17-15-7-9-19-16(15)8-10-20-17/h3-10,12,19H,1-2,11H2,(H,21,22). The second-order valence-corrected chi connectivity index (χ2v) is 5.83. The summed E-state index contributed by atoms with van der Waals surface area (Å²) < 4.78 is 0. The van der Waals surface area contributed by atoms with Crippen LogP contribution in [0.4, 0.5) is 0 Å². The van der Waals surface area contributed by atoms with E-state index in [-0.39, 0.29) is 5.91 Å². The van der Waals surface area contributed by atoms with Gasteiger partial charge in [0.15, 0.2) is 0 Å². The number of carbonyl (C=O) groups is 1. The number of aromatic amines is 1. The third-order valence-electron chi connectivity index (χ3n) is 4.15. The van der Waals surface area contributed by atoms with Crippen molar-refractivity contribution < 1.29 is 4.79 Å². The molecule has 1 saturated carbocycles. The Morgan fingerprint density at radius 3 is 2.77 bits per heavy atom. The highest BCUT2D eigenvalue weighted by atomic mass is 16.1. The number of nitrogens with one attached hydrogen (secondary N) is 2. The molecule has 2 heterocycles. The number of hydrogen-bond donors (Lipinski definition) is 2. The summed E-state index contributed by atoms with van der Waals surface area (Å²) in [5.74, 6) is 0.699. The molecule has 4 rings (SSSR count). The largest absolute Gasteiger partial charge is 0.361 e. The van der Waals surface area contributed by atoms with Crippen LogP contribution in [-0.2, 0) is 0 Å². The maximum Gasteiger partial charge on any atom is 0.251 e. The first-order chi connectivity index (χ1) is 10.8. The van der Waals surface area contributed by atoms with E-state index in [1.165, 1.54) is 12.8 Å². The average molecular weight is 291 g/mol. The summed E-state index contributed by atoms with van der Waals surface area (Å²) in [6.07, 6.45) is 6.19. The molecule has 4 nitrogen and oxygen atoms in total. The number of rotatable bonds is 4. The highest BCUT2D eigenvalue weighted by Gasteiger charge is 2.21. The number of aromatic nitrogens is 2. The Kier molecular flexibility index (Phi) is 3.15. The summed E-state index contributed by atoms with van der Waals surface area (Å²) in [5, 5.41) is 4.08. The van der Waals surface area contributed by atoms with E-state index in [1.807, 2.05) is 42.6 Å². The van der Waals surface area contributed by atoms with Crippen molar-refractivity contribution >= 4 is 16.8 Å². The molecule has 0 spiro atoms. The van der Waals surface area contributed by atoms with E-state index in [1.54, 1.807) is 6.20 Å². The van der Waals surface area contributed by atoms with Gasteiger partial charge in [-0.1, -0.05) is 12.1 Å². The highest BCUT2D eigenvalue weighted by molar-refractivity contribution is 5.96. The Morgan fingerprint density at radius 2 is 2.00 bits per heavy atom. The average Bonchev–Trinajstić information content (AvgIpc) is 3.27. The first kappa shape index (κ1) is 13.1. The van der Waals surface area contributed by atoms with Gasteiger partial charge in [-0.3, -0.25) is 9.78 Å². The minimum Gasteiger partial charge on any atom is -0.361 e. The number of hydrogen-bond acceptors (Lipinski definition) is 2. The molecule has 1 aliphatic rings. The van der Waals surface area contributed by atoms with E-state index >= 15 is 0 Å². The van der Waals surface area contributed by atoms with Crippen LogP contribution in [0.1, 0.15) is 23.2 Å². The van der Waals surface area contributed by atoms with E-state index < -0.39 is 0 Å². The molecule has 1 amide bonds. The van der Waals surface area contributed by atoms with Crippen molar-refractivity contribution in [3.05, 3.63) is 54.4 Å².